The fraction of sp³-hybridized carbons (Fsp3) is 0.462. The monoisotopic (exact) mass is 233 g/mol. The highest BCUT2D eigenvalue weighted by Crippen LogP contribution is 2.33. The molecule has 0 saturated carbocycles. The summed E-state index contributed by atoms with van der Waals surface area (Å²) in [5, 5.41) is 2.86. The lowest BCUT2D eigenvalue weighted by atomic mass is 9.89. The van der Waals surface area contributed by atoms with E-state index in [1.807, 2.05) is 30.3 Å². The molecular formula is C13H15NO3. The molecule has 1 aromatic carbocycles. The van der Waals surface area contributed by atoms with Crippen molar-refractivity contribution in [3.05, 3.63) is 35.9 Å². The molecular weight excluding hydrogens is 218 g/mol. The quantitative estimate of drug-likeness (QED) is 0.797. The summed E-state index contributed by atoms with van der Waals surface area (Å²) in [5.74, 6) is -0.943. The smallest absolute Gasteiger partial charge is 0.251 e. The summed E-state index contributed by atoms with van der Waals surface area (Å²) in [4.78, 5) is 12.1. The van der Waals surface area contributed by atoms with Crippen LogP contribution in [0.15, 0.2) is 30.3 Å². The molecule has 1 N–H and O–H groups in total. The molecule has 1 aromatic rings. The predicted octanol–water partition coefficient (Wildman–Crippen LogP) is 1.38. The van der Waals surface area contributed by atoms with Gasteiger partial charge >= 0.3 is 0 Å². The van der Waals surface area contributed by atoms with Crippen LogP contribution in [0.25, 0.3) is 0 Å². The van der Waals surface area contributed by atoms with Crippen LogP contribution in [-0.2, 0) is 14.3 Å². The van der Waals surface area contributed by atoms with Gasteiger partial charge in [0.25, 0.3) is 5.91 Å². The third-order valence-corrected chi connectivity index (χ3v) is 3.35. The lowest BCUT2D eigenvalue weighted by molar-refractivity contribution is -0.200. The van der Waals surface area contributed by atoms with Crippen molar-refractivity contribution < 1.29 is 14.3 Å². The van der Waals surface area contributed by atoms with Crippen molar-refractivity contribution in [3.63, 3.8) is 0 Å². The zero-order valence-corrected chi connectivity index (χ0v) is 9.52. The molecule has 17 heavy (non-hydrogen) atoms. The van der Waals surface area contributed by atoms with Crippen LogP contribution in [-0.4, -0.2) is 25.0 Å². The van der Waals surface area contributed by atoms with E-state index in [9.17, 15) is 4.79 Å². The minimum atomic E-state index is -0.845. The van der Waals surface area contributed by atoms with Gasteiger partial charge in [-0.1, -0.05) is 30.3 Å². The van der Waals surface area contributed by atoms with Crippen molar-refractivity contribution in [1.29, 1.82) is 0 Å². The van der Waals surface area contributed by atoms with Gasteiger partial charge in [0.1, 0.15) is 0 Å². The largest absolute Gasteiger partial charge is 0.330 e. The standard InChI is InChI=1S/C13H15NO3/c15-12-11(10-4-2-1-3-5-10)6-7-13(14-12)16-8-9-17-13/h1-5,11H,6-9H2,(H,14,15)/t11-/m0/s1. The lowest BCUT2D eigenvalue weighted by Crippen LogP contribution is -2.54. The molecule has 2 saturated heterocycles. The number of carbonyl (C=O) groups is 1. The molecule has 0 aromatic heterocycles. The van der Waals surface area contributed by atoms with Crippen LogP contribution >= 0.6 is 0 Å². The van der Waals surface area contributed by atoms with Crippen LogP contribution in [0.1, 0.15) is 24.3 Å². The summed E-state index contributed by atoms with van der Waals surface area (Å²) in [5.41, 5.74) is 1.05. The molecule has 2 aliphatic heterocycles. The summed E-state index contributed by atoms with van der Waals surface area (Å²) < 4.78 is 11.0. The Kier molecular flexibility index (Phi) is 2.61. The van der Waals surface area contributed by atoms with Gasteiger partial charge in [-0.05, 0) is 12.0 Å². The van der Waals surface area contributed by atoms with Crippen LogP contribution in [0.5, 0.6) is 0 Å². The molecule has 2 fully saturated rings. The molecule has 0 aliphatic carbocycles. The van der Waals surface area contributed by atoms with Gasteiger partial charge in [0.05, 0.1) is 19.1 Å². The summed E-state index contributed by atoms with van der Waals surface area (Å²) in [6.45, 7) is 1.10. The van der Waals surface area contributed by atoms with Gasteiger partial charge in [0, 0.05) is 6.42 Å². The van der Waals surface area contributed by atoms with Gasteiger partial charge in [-0.2, -0.15) is 0 Å². The van der Waals surface area contributed by atoms with Gasteiger partial charge in [0.15, 0.2) is 0 Å². The second-order valence-corrected chi connectivity index (χ2v) is 4.44. The Morgan fingerprint density at radius 2 is 1.88 bits per heavy atom. The van der Waals surface area contributed by atoms with E-state index in [2.05, 4.69) is 5.32 Å². The SMILES string of the molecule is O=C1NC2(CC[C@H]1c1ccccc1)OCCO2. The van der Waals surface area contributed by atoms with Crippen LogP contribution in [0.4, 0.5) is 0 Å². The van der Waals surface area contributed by atoms with E-state index < -0.39 is 5.91 Å². The molecule has 1 amide bonds. The van der Waals surface area contributed by atoms with Crippen LogP contribution in [0, 0.1) is 0 Å². The van der Waals surface area contributed by atoms with E-state index in [1.54, 1.807) is 0 Å². The molecule has 2 heterocycles. The molecule has 3 rings (SSSR count). The molecule has 4 nitrogen and oxygen atoms in total. The zero-order valence-electron chi connectivity index (χ0n) is 9.52. The van der Waals surface area contributed by atoms with Crippen molar-refractivity contribution in [3.8, 4) is 0 Å². The Balaban J connectivity index is 1.77. The van der Waals surface area contributed by atoms with E-state index in [4.69, 9.17) is 9.47 Å². The minimum Gasteiger partial charge on any atom is -0.330 e. The van der Waals surface area contributed by atoms with E-state index in [0.717, 1.165) is 12.0 Å². The van der Waals surface area contributed by atoms with Gasteiger partial charge in [-0.25, -0.2) is 0 Å². The summed E-state index contributed by atoms with van der Waals surface area (Å²) in [7, 11) is 0. The second kappa shape index (κ2) is 4.13. The Bertz CT molecular complexity index is 412. The third kappa shape index (κ3) is 1.94. The first-order valence-corrected chi connectivity index (χ1v) is 5.94. The minimum absolute atomic E-state index is 0.00986. The number of rotatable bonds is 1. The highest BCUT2D eigenvalue weighted by molar-refractivity contribution is 5.84. The third-order valence-electron chi connectivity index (χ3n) is 3.35. The van der Waals surface area contributed by atoms with Crippen LogP contribution in [0.2, 0.25) is 0 Å². The number of benzene rings is 1. The number of ether oxygens (including phenoxy) is 2. The molecule has 1 atom stereocenters. The highest BCUT2D eigenvalue weighted by atomic mass is 16.8. The normalized spacial score (nSPS) is 27.1. The highest BCUT2D eigenvalue weighted by Gasteiger charge is 2.44. The average Bonchev–Trinajstić information content (AvgIpc) is 2.79. The molecule has 2 aliphatic rings. The van der Waals surface area contributed by atoms with E-state index >= 15 is 0 Å². The fourth-order valence-corrected chi connectivity index (χ4v) is 2.48. The number of carbonyl (C=O) groups excluding carboxylic acids is 1. The molecule has 90 valence electrons. The summed E-state index contributed by atoms with van der Waals surface area (Å²) >= 11 is 0. The second-order valence-electron chi connectivity index (χ2n) is 4.44. The first-order chi connectivity index (χ1) is 8.29. The maximum Gasteiger partial charge on any atom is 0.251 e. The van der Waals surface area contributed by atoms with Gasteiger partial charge in [-0.3, -0.25) is 4.79 Å². The lowest BCUT2D eigenvalue weighted by Gasteiger charge is -2.35. The van der Waals surface area contributed by atoms with Gasteiger partial charge in [0.2, 0.25) is 5.91 Å². The van der Waals surface area contributed by atoms with Crippen molar-refractivity contribution in [2.45, 2.75) is 24.7 Å². The number of hydrogen-bond acceptors (Lipinski definition) is 3. The van der Waals surface area contributed by atoms with Crippen LogP contribution < -0.4 is 5.32 Å². The Labute approximate surface area is 99.9 Å². The van der Waals surface area contributed by atoms with E-state index in [0.29, 0.717) is 19.6 Å². The van der Waals surface area contributed by atoms with Gasteiger partial charge < -0.3 is 14.8 Å². The maximum atomic E-state index is 12.1. The molecule has 1 spiro atoms. The van der Waals surface area contributed by atoms with Crippen molar-refractivity contribution in [1.82, 2.24) is 5.32 Å². The number of piperidine rings is 1. The zero-order chi connectivity index (χ0) is 11.7. The van der Waals surface area contributed by atoms with Crippen molar-refractivity contribution in [2.24, 2.45) is 0 Å². The number of hydrogen-bond donors (Lipinski definition) is 1. The van der Waals surface area contributed by atoms with Crippen molar-refractivity contribution >= 4 is 5.91 Å². The fourth-order valence-electron chi connectivity index (χ4n) is 2.48. The Morgan fingerprint density at radius 1 is 1.18 bits per heavy atom. The molecule has 0 bridgehead atoms. The number of amides is 1. The Hall–Kier alpha value is -1.39. The average molecular weight is 233 g/mol. The summed E-state index contributed by atoms with van der Waals surface area (Å²) in [6, 6.07) is 9.83. The molecule has 0 radical (unpaired) electrons. The first kappa shape index (κ1) is 10.7. The molecule has 0 unspecified atom stereocenters. The van der Waals surface area contributed by atoms with Crippen molar-refractivity contribution in [2.75, 3.05) is 13.2 Å². The van der Waals surface area contributed by atoms with E-state index in [1.165, 1.54) is 0 Å². The summed E-state index contributed by atoms with van der Waals surface area (Å²) in [6.07, 6.45) is 1.47. The Morgan fingerprint density at radius 3 is 2.53 bits per heavy atom. The molecule has 4 heteroatoms. The maximum absolute atomic E-state index is 12.1. The predicted molar refractivity (Wildman–Crippen MR) is 61.2 cm³/mol. The van der Waals surface area contributed by atoms with Crippen LogP contribution in [0.3, 0.4) is 0 Å². The number of nitrogens with one attached hydrogen (secondary N) is 1. The first-order valence-electron chi connectivity index (χ1n) is 5.94. The van der Waals surface area contributed by atoms with Gasteiger partial charge in [-0.15, -0.1) is 0 Å². The van der Waals surface area contributed by atoms with E-state index in [-0.39, 0.29) is 11.8 Å². The topological polar surface area (TPSA) is 47.6 Å².